The Labute approximate surface area is 187 Å². The number of aliphatic hydroxyl groups excluding tert-OH is 1. The summed E-state index contributed by atoms with van der Waals surface area (Å²) in [4.78, 5) is 17.2. The van der Waals surface area contributed by atoms with Gasteiger partial charge in [-0.1, -0.05) is 13.8 Å². The van der Waals surface area contributed by atoms with E-state index >= 15 is 0 Å². The van der Waals surface area contributed by atoms with E-state index in [0.717, 1.165) is 6.07 Å². The Morgan fingerprint density at radius 1 is 1.27 bits per heavy atom. The first-order valence-electron chi connectivity index (χ1n) is 10.2. The van der Waals surface area contributed by atoms with Crippen LogP contribution in [-0.4, -0.2) is 59.0 Å². The maximum absolute atomic E-state index is 14.6. The van der Waals surface area contributed by atoms with Gasteiger partial charge in [-0.15, -0.1) is 0 Å². The van der Waals surface area contributed by atoms with Gasteiger partial charge in [0.25, 0.3) is 5.91 Å². The number of carbonyl (C=O) groups is 1. The summed E-state index contributed by atoms with van der Waals surface area (Å²) in [7, 11) is 1.64. The average molecular weight is 462 g/mol. The van der Waals surface area contributed by atoms with Crippen LogP contribution in [0.15, 0.2) is 18.3 Å². The van der Waals surface area contributed by atoms with Gasteiger partial charge in [0, 0.05) is 37.7 Å². The molecular formula is C21H24F2N6O4. The fourth-order valence-electron chi connectivity index (χ4n) is 3.21. The quantitative estimate of drug-likeness (QED) is 0.422. The van der Waals surface area contributed by atoms with Crippen LogP contribution in [0.4, 0.5) is 26.1 Å². The van der Waals surface area contributed by atoms with E-state index in [0.29, 0.717) is 5.82 Å². The van der Waals surface area contributed by atoms with Gasteiger partial charge in [-0.2, -0.15) is 9.61 Å². The number of hydrogen-bond acceptors (Lipinski definition) is 8. The molecule has 0 aliphatic carbocycles. The van der Waals surface area contributed by atoms with Crippen LogP contribution in [0.5, 0.6) is 11.5 Å². The Morgan fingerprint density at radius 2 is 2.03 bits per heavy atom. The molecule has 0 radical (unpaired) electrons. The molecule has 0 saturated carbocycles. The number of rotatable bonds is 7. The molecular weight excluding hydrogens is 438 g/mol. The molecule has 176 valence electrons. The lowest BCUT2D eigenvalue weighted by molar-refractivity contribution is 0.0912. The minimum absolute atomic E-state index is 0.0329. The number of hydrogen-bond donors (Lipinski definition) is 4. The molecule has 0 spiro atoms. The summed E-state index contributed by atoms with van der Waals surface area (Å²) in [6, 6.07) is 2.45. The monoisotopic (exact) mass is 462 g/mol. The van der Waals surface area contributed by atoms with Gasteiger partial charge in [-0.05, 0) is 0 Å². The fraction of sp³-hybridized carbons (Fsp3) is 0.381. The Kier molecular flexibility index (Phi) is 5.93. The number of carbonyl (C=O) groups excluding carboxylic acids is 1. The Hall–Kier alpha value is -3.67. The first kappa shape index (κ1) is 22.5. The van der Waals surface area contributed by atoms with Gasteiger partial charge in [-0.3, -0.25) is 4.79 Å². The molecule has 1 aromatic carbocycles. The maximum Gasteiger partial charge on any atom is 0.256 e. The highest BCUT2D eigenvalue weighted by molar-refractivity contribution is 6.00. The molecule has 0 saturated heterocycles. The zero-order valence-electron chi connectivity index (χ0n) is 18.3. The van der Waals surface area contributed by atoms with E-state index in [1.54, 1.807) is 7.05 Å². The van der Waals surface area contributed by atoms with Crippen LogP contribution in [0.1, 0.15) is 24.2 Å². The summed E-state index contributed by atoms with van der Waals surface area (Å²) in [6.07, 6.45) is 1.36. The lowest BCUT2D eigenvalue weighted by Gasteiger charge is -2.22. The van der Waals surface area contributed by atoms with E-state index in [2.05, 4.69) is 26.0 Å². The molecule has 1 aliphatic rings. The van der Waals surface area contributed by atoms with Crippen molar-refractivity contribution in [3.05, 3.63) is 35.5 Å². The Bertz CT molecular complexity index is 1210. The van der Waals surface area contributed by atoms with Crippen molar-refractivity contribution in [1.82, 2.24) is 19.9 Å². The number of fused-ring (bicyclic) bond motifs is 2. The van der Waals surface area contributed by atoms with Crippen molar-refractivity contribution in [1.29, 1.82) is 0 Å². The number of anilines is 3. The Morgan fingerprint density at radius 3 is 2.76 bits per heavy atom. The van der Waals surface area contributed by atoms with Gasteiger partial charge >= 0.3 is 0 Å². The third-order valence-corrected chi connectivity index (χ3v) is 5.11. The van der Waals surface area contributed by atoms with Crippen molar-refractivity contribution in [3.8, 4) is 11.5 Å². The minimum Gasteiger partial charge on any atom is -0.486 e. The second-order valence-corrected chi connectivity index (χ2v) is 8.27. The number of benzene rings is 1. The summed E-state index contributed by atoms with van der Waals surface area (Å²) < 4.78 is 41.0. The molecule has 3 aromatic rings. The first-order valence-corrected chi connectivity index (χ1v) is 10.2. The van der Waals surface area contributed by atoms with E-state index in [1.807, 2.05) is 13.8 Å². The number of nitrogens with one attached hydrogen (secondary N) is 3. The highest BCUT2D eigenvalue weighted by Crippen LogP contribution is 2.42. The van der Waals surface area contributed by atoms with Crippen molar-refractivity contribution >= 4 is 28.9 Å². The van der Waals surface area contributed by atoms with Gasteiger partial charge in [0.1, 0.15) is 36.1 Å². The molecule has 12 heteroatoms. The third-order valence-electron chi connectivity index (χ3n) is 5.11. The van der Waals surface area contributed by atoms with Crippen molar-refractivity contribution < 1.29 is 28.2 Å². The molecule has 1 aliphatic heterocycles. The predicted octanol–water partition coefficient (Wildman–Crippen LogP) is 2.31. The number of halogens is 2. The molecule has 2 aromatic heterocycles. The van der Waals surface area contributed by atoms with Crippen LogP contribution in [0, 0.1) is 17.0 Å². The fourth-order valence-corrected chi connectivity index (χ4v) is 3.21. The van der Waals surface area contributed by atoms with Crippen LogP contribution in [0.2, 0.25) is 0 Å². The molecule has 0 fully saturated rings. The number of aromatic nitrogens is 3. The number of aliphatic hydroxyl groups is 1. The van der Waals surface area contributed by atoms with Gasteiger partial charge in [0.15, 0.2) is 28.8 Å². The summed E-state index contributed by atoms with van der Waals surface area (Å²) in [5.74, 6) is -2.02. The second kappa shape index (κ2) is 8.70. The van der Waals surface area contributed by atoms with E-state index in [-0.39, 0.29) is 60.6 Å². The van der Waals surface area contributed by atoms with Crippen molar-refractivity contribution in [2.45, 2.75) is 13.8 Å². The number of ether oxygens (including phenoxy) is 2. The zero-order valence-corrected chi connectivity index (χ0v) is 18.3. The van der Waals surface area contributed by atoms with Crippen molar-refractivity contribution in [2.24, 2.45) is 5.41 Å². The molecule has 0 atom stereocenters. The van der Waals surface area contributed by atoms with Crippen LogP contribution >= 0.6 is 0 Å². The Balaban J connectivity index is 1.72. The molecule has 33 heavy (non-hydrogen) atoms. The molecule has 0 unspecified atom stereocenters. The number of nitrogens with zero attached hydrogens (tertiary/aromatic N) is 3. The van der Waals surface area contributed by atoms with Gasteiger partial charge < -0.3 is 30.5 Å². The largest absolute Gasteiger partial charge is 0.486 e. The SMILES string of the molecule is CNc1cc(Nc2c(F)c(F)cc3c2OCCO3)nc2c(C(=O)NCC(C)(C)CO)cnn12. The zero-order chi connectivity index (χ0) is 23.8. The summed E-state index contributed by atoms with van der Waals surface area (Å²) >= 11 is 0. The van der Waals surface area contributed by atoms with Crippen LogP contribution in [0.3, 0.4) is 0 Å². The summed E-state index contributed by atoms with van der Waals surface area (Å²) in [5.41, 5.74) is -0.416. The van der Waals surface area contributed by atoms with E-state index in [1.165, 1.54) is 16.8 Å². The van der Waals surface area contributed by atoms with E-state index in [4.69, 9.17) is 9.47 Å². The standard InChI is InChI=1S/C21H24F2N6O4/c1-21(2,10-30)9-25-20(31)11-8-26-29-15(24-3)7-14(28-19(11)29)27-17-16(23)12(22)6-13-18(17)33-5-4-32-13/h6-8,24,30H,4-5,9-10H2,1-3H3,(H,25,31)(H,27,28). The van der Waals surface area contributed by atoms with Gasteiger partial charge in [0.2, 0.25) is 0 Å². The highest BCUT2D eigenvalue weighted by atomic mass is 19.2. The van der Waals surface area contributed by atoms with E-state index < -0.39 is 23.0 Å². The highest BCUT2D eigenvalue weighted by Gasteiger charge is 2.25. The van der Waals surface area contributed by atoms with Gasteiger partial charge in [-0.25, -0.2) is 13.8 Å². The maximum atomic E-state index is 14.6. The topological polar surface area (TPSA) is 122 Å². The first-order chi connectivity index (χ1) is 15.7. The molecule has 4 rings (SSSR count). The predicted molar refractivity (Wildman–Crippen MR) is 116 cm³/mol. The molecule has 4 N–H and O–H groups in total. The lowest BCUT2D eigenvalue weighted by Crippen LogP contribution is -2.36. The van der Waals surface area contributed by atoms with Crippen molar-refractivity contribution in [3.63, 3.8) is 0 Å². The third kappa shape index (κ3) is 4.33. The van der Waals surface area contributed by atoms with Gasteiger partial charge in [0.05, 0.1) is 6.20 Å². The number of amides is 1. The van der Waals surface area contributed by atoms with Crippen LogP contribution < -0.4 is 25.4 Å². The minimum atomic E-state index is -1.15. The summed E-state index contributed by atoms with van der Waals surface area (Å²) in [5, 5.41) is 22.0. The van der Waals surface area contributed by atoms with E-state index in [9.17, 15) is 18.7 Å². The van der Waals surface area contributed by atoms with Crippen molar-refractivity contribution in [2.75, 3.05) is 44.0 Å². The van der Waals surface area contributed by atoms with Crippen LogP contribution in [0.25, 0.3) is 5.65 Å². The second-order valence-electron chi connectivity index (χ2n) is 8.27. The normalized spacial score (nSPS) is 13.2. The lowest BCUT2D eigenvalue weighted by atomic mass is 9.95. The molecule has 1 amide bonds. The molecule has 10 nitrogen and oxygen atoms in total. The molecule has 0 bridgehead atoms. The smallest absolute Gasteiger partial charge is 0.256 e. The molecule has 3 heterocycles. The van der Waals surface area contributed by atoms with Crippen LogP contribution in [-0.2, 0) is 0 Å². The average Bonchev–Trinajstić information content (AvgIpc) is 3.24. The summed E-state index contributed by atoms with van der Waals surface area (Å²) in [6.45, 7) is 4.14.